The molecule has 0 aromatic carbocycles. The van der Waals surface area contributed by atoms with E-state index in [1.807, 2.05) is 6.92 Å². The SMILES string of the molecule is CCC(S)CC(=O)O.Cl. The van der Waals surface area contributed by atoms with Crippen molar-refractivity contribution in [2.45, 2.75) is 25.0 Å². The molecule has 1 unspecified atom stereocenters. The lowest BCUT2D eigenvalue weighted by Crippen LogP contribution is -2.04. The van der Waals surface area contributed by atoms with Gasteiger partial charge in [0.2, 0.25) is 0 Å². The van der Waals surface area contributed by atoms with Gasteiger partial charge in [-0.15, -0.1) is 12.4 Å². The van der Waals surface area contributed by atoms with E-state index in [1.165, 1.54) is 0 Å². The van der Waals surface area contributed by atoms with Crippen molar-refractivity contribution in [3.05, 3.63) is 0 Å². The molecular weight excluding hydrogens is 160 g/mol. The molecule has 2 nitrogen and oxygen atoms in total. The van der Waals surface area contributed by atoms with Gasteiger partial charge < -0.3 is 5.11 Å². The zero-order valence-electron chi connectivity index (χ0n) is 5.20. The first-order valence-electron chi connectivity index (χ1n) is 2.56. The predicted octanol–water partition coefficient (Wildman–Crippen LogP) is 1.59. The van der Waals surface area contributed by atoms with E-state index in [0.717, 1.165) is 6.42 Å². The number of hydrogen-bond donors (Lipinski definition) is 2. The fourth-order valence-electron chi connectivity index (χ4n) is 0.346. The highest BCUT2D eigenvalue weighted by Crippen LogP contribution is 2.04. The van der Waals surface area contributed by atoms with Gasteiger partial charge in [0.1, 0.15) is 0 Å². The van der Waals surface area contributed by atoms with Crippen molar-refractivity contribution in [1.82, 2.24) is 0 Å². The summed E-state index contributed by atoms with van der Waals surface area (Å²) in [5.41, 5.74) is 0. The number of hydrogen-bond acceptors (Lipinski definition) is 2. The molecule has 0 aliphatic heterocycles. The summed E-state index contributed by atoms with van der Waals surface area (Å²) in [6.07, 6.45) is 0.981. The van der Waals surface area contributed by atoms with E-state index >= 15 is 0 Å². The highest BCUT2D eigenvalue weighted by atomic mass is 35.5. The highest BCUT2D eigenvalue weighted by Gasteiger charge is 2.03. The largest absolute Gasteiger partial charge is 0.481 e. The summed E-state index contributed by atoms with van der Waals surface area (Å²) >= 11 is 3.99. The molecule has 4 heteroatoms. The Morgan fingerprint density at radius 2 is 2.22 bits per heavy atom. The molecule has 0 aliphatic rings. The molecule has 0 radical (unpaired) electrons. The Balaban J connectivity index is 0. The van der Waals surface area contributed by atoms with E-state index in [4.69, 9.17) is 5.11 Å². The van der Waals surface area contributed by atoms with Gasteiger partial charge in [0.05, 0.1) is 6.42 Å². The Kier molecular flexibility index (Phi) is 8.21. The second-order valence-corrected chi connectivity index (χ2v) is 2.39. The third-order valence-electron chi connectivity index (χ3n) is 0.881. The lowest BCUT2D eigenvalue weighted by Gasteiger charge is -1.99. The number of rotatable bonds is 3. The minimum atomic E-state index is -0.771. The summed E-state index contributed by atoms with van der Waals surface area (Å²) in [7, 11) is 0. The lowest BCUT2D eigenvalue weighted by atomic mass is 10.2. The van der Waals surface area contributed by atoms with Gasteiger partial charge >= 0.3 is 5.97 Å². The van der Waals surface area contributed by atoms with Crippen LogP contribution in [0.4, 0.5) is 0 Å². The number of carboxylic acid groups (broad SMARTS) is 1. The number of carbonyl (C=O) groups is 1. The van der Waals surface area contributed by atoms with Crippen LogP contribution in [0, 0.1) is 0 Å². The summed E-state index contributed by atoms with van der Waals surface area (Å²) in [5, 5.41) is 8.19. The predicted molar refractivity (Wildman–Crippen MR) is 42.6 cm³/mol. The summed E-state index contributed by atoms with van der Waals surface area (Å²) < 4.78 is 0. The zero-order valence-corrected chi connectivity index (χ0v) is 6.91. The van der Waals surface area contributed by atoms with Crippen LogP contribution in [-0.4, -0.2) is 16.3 Å². The molecule has 0 heterocycles. The van der Waals surface area contributed by atoms with Crippen LogP contribution in [0.25, 0.3) is 0 Å². The molecule has 0 amide bonds. The van der Waals surface area contributed by atoms with Gasteiger partial charge in [-0.2, -0.15) is 12.6 Å². The molecular formula is C5H11ClO2S. The van der Waals surface area contributed by atoms with Crippen molar-refractivity contribution < 1.29 is 9.90 Å². The first-order chi connectivity index (χ1) is 3.66. The van der Waals surface area contributed by atoms with Crippen LogP contribution in [0.5, 0.6) is 0 Å². The van der Waals surface area contributed by atoms with Crippen molar-refractivity contribution in [2.75, 3.05) is 0 Å². The topological polar surface area (TPSA) is 37.3 Å². The van der Waals surface area contributed by atoms with Gasteiger partial charge in [-0.1, -0.05) is 6.92 Å². The number of carboxylic acids is 1. The molecule has 0 aromatic heterocycles. The van der Waals surface area contributed by atoms with Crippen LogP contribution < -0.4 is 0 Å². The maximum Gasteiger partial charge on any atom is 0.304 e. The first-order valence-corrected chi connectivity index (χ1v) is 3.08. The standard InChI is InChI=1S/C5H10O2S.ClH/c1-2-4(8)3-5(6)7;/h4,8H,2-3H2,1H3,(H,6,7);1H. The summed E-state index contributed by atoms with van der Waals surface area (Å²) in [6.45, 7) is 1.92. The number of aliphatic carboxylic acids is 1. The van der Waals surface area contributed by atoms with Crippen molar-refractivity contribution in [1.29, 1.82) is 0 Å². The van der Waals surface area contributed by atoms with Gasteiger partial charge in [0.15, 0.2) is 0 Å². The first kappa shape index (κ1) is 11.9. The van der Waals surface area contributed by atoms with Crippen molar-refractivity contribution in [2.24, 2.45) is 0 Å². The number of halogens is 1. The Bertz CT molecular complexity index is 87.0. The van der Waals surface area contributed by atoms with E-state index in [-0.39, 0.29) is 24.1 Å². The van der Waals surface area contributed by atoms with Crippen LogP contribution in [-0.2, 0) is 4.79 Å². The van der Waals surface area contributed by atoms with E-state index in [2.05, 4.69) is 12.6 Å². The summed E-state index contributed by atoms with van der Waals surface area (Å²) in [6, 6.07) is 0. The molecule has 1 atom stereocenters. The van der Waals surface area contributed by atoms with E-state index in [0.29, 0.717) is 0 Å². The Labute approximate surface area is 66.5 Å². The van der Waals surface area contributed by atoms with Crippen molar-refractivity contribution >= 4 is 31.0 Å². The van der Waals surface area contributed by atoms with Gasteiger partial charge in [-0.3, -0.25) is 4.79 Å². The minimum absolute atomic E-state index is 0. The third kappa shape index (κ3) is 8.11. The van der Waals surface area contributed by atoms with Gasteiger partial charge in [-0.25, -0.2) is 0 Å². The second kappa shape index (κ2) is 6.23. The molecule has 0 rings (SSSR count). The lowest BCUT2D eigenvalue weighted by molar-refractivity contribution is -0.136. The molecule has 9 heavy (non-hydrogen) atoms. The van der Waals surface area contributed by atoms with Crippen LogP contribution in [0.2, 0.25) is 0 Å². The maximum absolute atomic E-state index is 9.92. The minimum Gasteiger partial charge on any atom is -0.481 e. The highest BCUT2D eigenvalue weighted by molar-refractivity contribution is 7.81. The van der Waals surface area contributed by atoms with E-state index < -0.39 is 5.97 Å². The van der Waals surface area contributed by atoms with Crippen molar-refractivity contribution in [3.8, 4) is 0 Å². The van der Waals surface area contributed by atoms with Crippen LogP contribution in [0.1, 0.15) is 19.8 Å². The Morgan fingerprint density at radius 1 is 1.78 bits per heavy atom. The quantitative estimate of drug-likeness (QED) is 0.632. The molecule has 56 valence electrons. The second-order valence-electron chi connectivity index (χ2n) is 1.66. The monoisotopic (exact) mass is 170 g/mol. The fraction of sp³-hybridized carbons (Fsp3) is 0.800. The fourth-order valence-corrected chi connectivity index (χ4v) is 0.502. The van der Waals surface area contributed by atoms with Crippen LogP contribution in [0.3, 0.4) is 0 Å². The smallest absolute Gasteiger partial charge is 0.304 e. The molecule has 0 saturated heterocycles. The Hall–Kier alpha value is 0.110. The number of thiol groups is 1. The van der Waals surface area contributed by atoms with Gasteiger partial charge in [0, 0.05) is 5.25 Å². The van der Waals surface area contributed by atoms with Gasteiger partial charge in [0.25, 0.3) is 0 Å². The molecule has 0 bridgehead atoms. The average molecular weight is 171 g/mol. The Morgan fingerprint density at radius 3 is 2.33 bits per heavy atom. The molecule has 0 aliphatic carbocycles. The summed E-state index contributed by atoms with van der Waals surface area (Å²) in [4.78, 5) is 9.92. The molecule has 0 spiro atoms. The van der Waals surface area contributed by atoms with Crippen molar-refractivity contribution in [3.63, 3.8) is 0 Å². The normalized spacial score (nSPS) is 11.8. The van der Waals surface area contributed by atoms with E-state index in [9.17, 15) is 4.79 Å². The maximum atomic E-state index is 9.92. The average Bonchev–Trinajstić information content (AvgIpc) is 1.65. The zero-order chi connectivity index (χ0) is 6.57. The summed E-state index contributed by atoms with van der Waals surface area (Å²) in [5.74, 6) is -0.771. The van der Waals surface area contributed by atoms with Crippen LogP contribution in [0.15, 0.2) is 0 Å². The third-order valence-corrected chi connectivity index (χ3v) is 1.43. The molecule has 0 fully saturated rings. The molecule has 1 N–H and O–H groups in total. The van der Waals surface area contributed by atoms with Crippen LogP contribution >= 0.6 is 25.0 Å². The van der Waals surface area contributed by atoms with Gasteiger partial charge in [-0.05, 0) is 6.42 Å². The molecule has 0 aromatic rings. The van der Waals surface area contributed by atoms with E-state index in [1.54, 1.807) is 0 Å². The molecule has 0 saturated carbocycles.